The normalized spacial score (nSPS) is 23.0. The Morgan fingerprint density at radius 3 is 2.48 bits per heavy atom. The highest BCUT2D eigenvalue weighted by molar-refractivity contribution is 5.93. The van der Waals surface area contributed by atoms with Crippen molar-refractivity contribution >= 4 is 11.9 Å². The van der Waals surface area contributed by atoms with Crippen LogP contribution in [0.2, 0.25) is 0 Å². The summed E-state index contributed by atoms with van der Waals surface area (Å²) in [6, 6.07) is 7.42. The summed E-state index contributed by atoms with van der Waals surface area (Å²) >= 11 is 0. The summed E-state index contributed by atoms with van der Waals surface area (Å²) < 4.78 is 14.5. The lowest BCUT2D eigenvalue weighted by Crippen LogP contribution is -2.30. The second-order valence-corrected chi connectivity index (χ2v) is 6.78. The highest BCUT2D eigenvalue weighted by Crippen LogP contribution is 2.44. The fraction of sp³-hybridized carbons (Fsp3) is 0.389. The Morgan fingerprint density at radius 2 is 1.84 bits per heavy atom. The molecule has 130 valence electrons. The van der Waals surface area contributed by atoms with Gasteiger partial charge in [-0.1, -0.05) is 0 Å². The van der Waals surface area contributed by atoms with E-state index in [2.05, 4.69) is 5.10 Å². The van der Waals surface area contributed by atoms with Gasteiger partial charge in [-0.3, -0.25) is 9.59 Å². The number of carboxylic acid groups (broad SMARTS) is 1. The first-order valence-electron chi connectivity index (χ1n) is 8.36. The summed E-state index contributed by atoms with van der Waals surface area (Å²) in [5.74, 6) is -1.44. The Morgan fingerprint density at radius 1 is 1.12 bits per heavy atom. The molecule has 7 heteroatoms. The minimum Gasteiger partial charge on any atom is -0.481 e. The summed E-state index contributed by atoms with van der Waals surface area (Å²) in [6.07, 6.45) is 3.74. The zero-order valence-corrected chi connectivity index (χ0v) is 13.5. The SMILES string of the molecule is O=C(O)[C@H]1CN(C(=O)c2ccn(-c3ccc(F)cc3)n2)C[C@@H]1C1CC1. The van der Waals surface area contributed by atoms with Gasteiger partial charge in [0.2, 0.25) is 0 Å². The van der Waals surface area contributed by atoms with Gasteiger partial charge in [-0.25, -0.2) is 9.07 Å². The van der Waals surface area contributed by atoms with E-state index in [4.69, 9.17) is 0 Å². The van der Waals surface area contributed by atoms with E-state index in [-0.39, 0.29) is 29.9 Å². The van der Waals surface area contributed by atoms with Gasteiger partial charge in [-0.05, 0) is 55.0 Å². The van der Waals surface area contributed by atoms with Gasteiger partial charge < -0.3 is 10.0 Å². The average Bonchev–Trinajstić information content (AvgIpc) is 3.16. The number of likely N-dealkylation sites (tertiary alicyclic amines) is 1. The number of nitrogens with zero attached hydrogens (tertiary/aromatic N) is 3. The fourth-order valence-corrected chi connectivity index (χ4v) is 3.60. The Bertz CT molecular complexity index is 813. The van der Waals surface area contributed by atoms with E-state index in [0.717, 1.165) is 12.8 Å². The predicted molar refractivity (Wildman–Crippen MR) is 86.8 cm³/mol. The topological polar surface area (TPSA) is 75.4 Å². The molecule has 1 saturated heterocycles. The largest absolute Gasteiger partial charge is 0.481 e. The van der Waals surface area contributed by atoms with Crippen molar-refractivity contribution in [2.75, 3.05) is 13.1 Å². The van der Waals surface area contributed by atoms with Crippen LogP contribution in [0, 0.1) is 23.6 Å². The van der Waals surface area contributed by atoms with E-state index in [9.17, 15) is 19.1 Å². The van der Waals surface area contributed by atoms with Crippen LogP contribution in [0.3, 0.4) is 0 Å². The number of carbonyl (C=O) groups is 2. The van der Waals surface area contributed by atoms with Crippen molar-refractivity contribution in [2.45, 2.75) is 12.8 Å². The second kappa shape index (κ2) is 5.98. The van der Waals surface area contributed by atoms with Crippen molar-refractivity contribution in [1.82, 2.24) is 14.7 Å². The Balaban J connectivity index is 1.51. The maximum atomic E-state index is 13.0. The fourth-order valence-electron chi connectivity index (χ4n) is 3.60. The molecule has 2 aromatic rings. The Hall–Kier alpha value is -2.70. The van der Waals surface area contributed by atoms with Crippen molar-refractivity contribution < 1.29 is 19.1 Å². The molecule has 0 spiro atoms. The minimum atomic E-state index is -0.830. The quantitative estimate of drug-likeness (QED) is 0.923. The van der Waals surface area contributed by atoms with Gasteiger partial charge in [0.05, 0.1) is 11.6 Å². The summed E-state index contributed by atoms with van der Waals surface area (Å²) in [7, 11) is 0. The first-order chi connectivity index (χ1) is 12.0. The number of aliphatic carboxylic acids is 1. The third kappa shape index (κ3) is 3.01. The molecule has 0 unspecified atom stereocenters. The van der Waals surface area contributed by atoms with Crippen molar-refractivity contribution in [2.24, 2.45) is 17.8 Å². The van der Waals surface area contributed by atoms with Crippen molar-refractivity contribution in [3.63, 3.8) is 0 Å². The summed E-state index contributed by atoms with van der Waals surface area (Å²) in [6.45, 7) is 0.711. The molecule has 25 heavy (non-hydrogen) atoms. The van der Waals surface area contributed by atoms with Crippen molar-refractivity contribution in [3.05, 3.63) is 48.0 Å². The zero-order valence-electron chi connectivity index (χ0n) is 13.5. The van der Waals surface area contributed by atoms with Crippen LogP contribution < -0.4 is 0 Å². The maximum Gasteiger partial charge on any atom is 0.308 e. The van der Waals surface area contributed by atoms with Gasteiger partial charge in [-0.15, -0.1) is 0 Å². The number of benzene rings is 1. The monoisotopic (exact) mass is 343 g/mol. The third-order valence-corrected chi connectivity index (χ3v) is 5.10. The van der Waals surface area contributed by atoms with E-state index in [1.54, 1.807) is 29.3 Å². The first kappa shape index (κ1) is 15.8. The van der Waals surface area contributed by atoms with Crippen molar-refractivity contribution in [3.8, 4) is 5.69 Å². The van der Waals surface area contributed by atoms with Crippen LogP contribution in [-0.4, -0.2) is 44.8 Å². The number of hydrogen-bond donors (Lipinski definition) is 1. The molecule has 1 saturated carbocycles. The highest BCUT2D eigenvalue weighted by atomic mass is 19.1. The average molecular weight is 343 g/mol. The molecule has 1 N–H and O–H groups in total. The number of amides is 1. The zero-order chi connectivity index (χ0) is 17.6. The molecule has 1 aromatic carbocycles. The molecule has 1 aliphatic heterocycles. The number of aromatic nitrogens is 2. The van der Waals surface area contributed by atoms with Crippen LogP contribution in [0.4, 0.5) is 4.39 Å². The lowest BCUT2D eigenvalue weighted by molar-refractivity contribution is -0.142. The number of rotatable bonds is 4. The molecule has 2 fully saturated rings. The molecule has 2 heterocycles. The van der Waals surface area contributed by atoms with E-state index in [1.807, 2.05) is 0 Å². The van der Waals surface area contributed by atoms with Crippen LogP contribution in [0.5, 0.6) is 0 Å². The third-order valence-electron chi connectivity index (χ3n) is 5.10. The van der Waals surface area contributed by atoms with E-state index in [0.29, 0.717) is 18.2 Å². The number of carboxylic acids is 1. The maximum absolute atomic E-state index is 13.0. The van der Waals surface area contributed by atoms with E-state index >= 15 is 0 Å². The van der Waals surface area contributed by atoms with Crippen molar-refractivity contribution in [1.29, 1.82) is 0 Å². The molecule has 4 rings (SSSR count). The first-order valence-corrected chi connectivity index (χ1v) is 8.36. The summed E-state index contributed by atoms with van der Waals surface area (Å²) in [5.41, 5.74) is 0.922. The predicted octanol–water partition coefficient (Wildman–Crippen LogP) is 2.19. The van der Waals surface area contributed by atoms with E-state index < -0.39 is 11.9 Å². The molecule has 2 aliphatic rings. The Kier molecular flexibility index (Phi) is 3.78. The summed E-state index contributed by atoms with van der Waals surface area (Å²) in [5, 5.41) is 13.7. The van der Waals surface area contributed by atoms with Crippen LogP contribution >= 0.6 is 0 Å². The second-order valence-electron chi connectivity index (χ2n) is 6.78. The highest BCUT2D eigenvalue weighted by Gasteiger charge is 2.47. The molecular formula is C18H18FN3O3. The smallest absolute Gasteiger partial charge is 0.308 e. The minimum absolute atomic E-state index is 0.0423. The molecule has 0 radical (unpaired) electrons. The number of carbonyl (C=O) groups excluding carboxylic acids is 1. The number of hydrogen-bond acceptors (Lipinski definition) is 3. The van der Waals surface area contributed by atoms with Gasteiger partial charge in [0.1, 0.15) is 5.82 Å². The van der Waals surface area contributed by atoms with Crippen LogP contribution in [0.25, 0.3) is 5.69 Å². The molecule has 1 amide bonds. The molecule has 6 nitrogen and oxygen atoms in total. The molecule has 1 aromatic heterocycles. The summed E-state index contributed by atoms with van der Waals surface area (Å²) in [4.78, 5) is 25.8. The van der Waals surface area contributed by atoms with E-state index in [1.165, 1.54) is 16.8 Å². The van der Waals surface area contributed by atoms with Gasteiger partial charge in [-0.2, -0.15) is 5.10 Å². The standard InChI is InChI=1S/C18H18FN3O3/c19-12-3-5-13(6-4-12)22-8-7-16(20-22)17(23)21-9-14(11-1-2-11)15(10-21)18(24)25/h3-8,11,14-15H,1-2,9-10H2,(H,24,25)/t14-,15+/m1/s1. The van der Waals surface area contributed by atoms with Crippen LogP contribution in [-0.2, 0) is 4.79 Å². The Labute approximate surface area is 143 Å². The lowest BCUT2D eigenvalue weighted by atomic mass is 9.92. The molecular weight excluding hydrogens is 325 g/mol. The molecule has 1 aliphatic carbocycles. The van der Waals surface area contributed by atoms with Gasteiger partial charge in [0.15, 0.2) is 5.69 Å². The lowest BCUT2D eigenvalue weighted by Gasteiger charge is -2.14. The van der Waals surface area contributed by atoms with Crippen LogP contribution in [0.15, 0.2) is 36.5 Å². The van der Waals surface area contributed by atoms with Gasteiger partial charge in [0.25, 0.3) is 5.91 Å². The molecule has 0 bridgehead atoms. The molecule has 2 atom stereocenters. The van der Waals surface area contributed by atoms with Gasteiger partial charge >= 0.3 is 5.97 Å². The van der Waals surface area contributed by atoms with Gasteiger partial charge in [0, 0.05) is 19.3 Å². The number of halogens is 1. The van der Waals surface area contributed by atoms with Crippen LogP contribution in [0.1, 0.15) is 23.3 Å².